The Bertz CT molecular complexity index is 2010. The molecule has 6 rings (SSSR count). The third-order valence-corrected chi connectivity index (χ3v) is 14.2. The molecule has 260 valence electrons. The van der Waals surface area contributed by atoms with Crippen molar-refractivity contribution in [2.75, 3.05) is 0 Å². The van der Waals surface area contributed by atoms with Gasteiger partial charge in [-0.3, -0.25) is 19.2 Å². The maximum Gasteiger partial charge on any atom is 0.150 e. The van der Waals surface area contributed by atoms with Crippen LogP contribution >= 0.6 is 66.7 Å². The molecule has 0 amide bonds. The zero-order valence-corrected chi connectivity index (χ0v) is 31.9. The van der Waals surface area contributed by atoms with Crippen LogP contribution in [0.1, 0.15) is 41.4 Å². The molecule has 0 unspecified atom stereocenters. The zero-order chi connectivity index (χ0) is 36.7. The SMILES string of the molecule is O=Cc1ccc(SSc2ccc(C=O)cc2O)c(O)c1.O=Cc1ccc(SSc2ccc(C=O)cc2Sc2ccccc2)c(Sc2ccccc2)c1. The molecule has 0 atom stereocenters. The van der Waals surface area contributed by atoms with Gasteiger partial charge in [0.2, 0.25) is 0 Å². The van der Waals surface area contributed by atoms with Gasteiger partial charge in [-0.25, -0.2) is 0 Å². The molecule has 2 N–H and O–H groups in total. The number of phenolic OH excluding ortho intramolecular Hbond substituents is 2. The van der Waals surface area contributed by atoms with Gasteiger partial charge in [0, 0.05) is 51.6 Å². The minimum atomic E-state index is 0.0103. The average molecular weight is 797 g/mol. The second kappa shape index (κ2) is 20.1. The monoisotopic (exact) mass is 796 g/mol. The van der Waals surface area contributed by atoms with E-state index in [0.29, 0.717) is 44.6 Å². The maximum absolute atomic E-state index is 11.3. The Morgan fingerprint density at radius 2 is 0.654 bits per heavy atom. The van der Waals surface area contributed by atoms with Crippen LogP contribution in [0.25, 0.3) is 0 Å². The standard InChI is InChI=1S/C26H18O2S4.C14H10O4S2/c27-17-19-11-13-23(25(15-19)29-21-7-3-1-4-8-21)31-32-24-14-12-20(18-28)16-26(24)30-22-9-5-2-6-10-22;15-7-9-1-3-13(11(17)5-9)19-20-14-4-2-10(8-16)6-12(14)18/h1-18H;1-8,17-18H. The molecule has 0 aliphatic heterocycles. The minimum Gasteiger partial charge on any atom is -0.507 e. The second-order valence-corrected chi connectivity index (χ2v) is 17.2. The first kappa shape index (κ1) is 38.9. The molecule has 6 nitrogen and oxygen atoms in total. The Morgan fingerprint density at radius 3 is 0.981 bits per heavy atom. The van der Waals surface area contributed by atoms with Crippen LogP contribution < -0.4 is 0 Å². The van der Waals surface area contributed by atoms with Crippen LogP contribution in [0.5, 0.6) is 11.5 Å². The van der Waals surface area contributed by atoms with Crippen molar-refractivity contribution in [1.82, 2.24) is 0 Å². The smallest absolute Gasteiger partial charge is 0.150 e. The molecular weight excluding hydrogens is 769 g/mol. The van der Waals surface area contributed by atoms with Gasteiger partial charge in [-0.05, 0) is 94.4 Å². The lowest BCUT2D eigenvalue weighted by atomic mass is 10.2. The zero-order valence-electron chi connectivity index (χ0n) is 27.0. The van der Waals surface area contributed by atoms with Crippen LogP contribution in [0, 0.1) is 0 Å². The Hall–Kier alpha value is -4.30. The van der Waals surface area contributed by atoms with E-state index in [2.05, 4.69) is 24.3 Å². The van der Waals surface area contributed by atoms with Crippen molar-refractivity contribution < 1.29 is 29.4 Å². The van der Waals surface area contributed by atoms with Gasteiger partial charge in [0.15, 0.2) is 0 Å². The van der Waals surface area contributed by atoms with Crippen LogP contribution in [-0.2, 0) is 0 Å². The average Bonchev–Trinajstić information content (AvgIpc) is 3.18. The van der Waals surface area contributed by atoms with E-state index in [1.807, 2.05) is 72.8 Å². The molecule has 0 saturated carbocycles. The van der Waals surface area contributed by atoms with Crippen molar-refractivity contribution in [2.45, 2.75) is 39.2 Å². The van der Waals surface area contributed by atoms with Crippen LogP contribution in [0.2, 0.25) is 0 Å². The maximum atomic E-state index is 11.3. The highest BCUT2D eigenvalue weighted by molar-refractivity contribution is 8.77. The predicted octanol–water partition coefficient (Wildman–Crippen LogP) is 11.9. The molecule has 0 radical (unpaired) electrons. The Morgan fingerprint density at radius 1 is 0.346 bits per heavy atom. The first-order valence-corrected chi connectivity index (χ1v) is 21.2. The van der Waals surface area contributed by atoms with Gasteiger partial charge in [0.05, 0.1) is 9.79 Å². The van der Waals surface area contributed by atoms with Gasteiger partial charge in [-0.2, -0.15) is 0 Å². The number of phenols is 2. The summed E-state index contributed by atoms with van der Waals surface area (Å²) in [6, 6.07) is 41.1. The molecule has 0 fully saturated rings. The van der Waals surface area contributed by atoms with Crippen molar-refractivity contribution >= 4 is 91.8 Å². The van der Waals surface area contributed by atoms with Gasteiger partial charge in [-0.1, -0.05) is 106 Å². The fourth-order valence-electron chi connectivity index (χ4n) is 4.26. The van der Waals surface area contributed by atoms with Gasteiger partial charge < -0.3 is 10.2 Å². The summed E-state index contributed by atoms with van der Waals surface area (Å²) in [6.45, 7) is 0. The summed E-state index contributed by atoms with van der Waals surface area (Å²) in [5.74, 6) is 0.0206. The molecule has 52 heavy (non-hydrogen) atoms. The summed E-state index contributed by atoms with van der Waals surface area (Å²) >= 11 is 3.29. The van der Waals surface area contributed by atoms with E-state index in [-0.39, 0.29) is 11.5 Å². The predicted molar refractivity (Wildman–Crippen MR) is 215 cm³/mol. The third kappa shape index (κ3) is 11.3. The number of carbonyl (C=O) groups is 4. The second-order valence-electron chi connectivity index (χ2n) is 10.5. The molecular formula is C40H28O6S6. The summed E-state index contributed by atoms with van der Waals surface area (Å²) in [7, 11) is 5.81. The number of aldehydes is 4. The van der Waals surface area contributed by atoms with Crippen molar-refractivity contribution in [3.05, 3.63) is 156 Å². The van der Waals surface area contributed by atoms with E-state index in [9.17, 15) is 29.4 Å². The van der Waals surface area contributed by atoms with E-state index in [1.165, 1.54) is 33.7 Å². The number of rotatable bonds is 14. The molecule has 0 aliphatic carbocycles. The molecule has 0 aliphatic rings. The van der Waals surface area contributed by atoms with Crippen LogP contribution in [0.15, 0.2) is 173 Å². The molecule has 6 aromatic rings. The van der Waals surface area contributed by atoms with Crippen molar-refractivity contribution in [2.24, 2.45) is 0 Å². The van der Waals surface area contributed by atoms with Crippen molar-refractivity contribution in [1.29, 1.82) is 0 Å². The summed E-state index contributed by atoms with van der Waals surface area (Å²) < 4.78 is 0. The number of hydrogen-bond acceptors (Lipinski definition) is 12. The molecule has 0 bridgehead atoms. The highest BCUT2D eigenvalue weighted by atomic mass is 33.1. The fraction of sp³-hybridized carbons (Fsp3) is 0. The molecule has 0 saturated heterocycles. The topological polar surface area (TPSA) is 109 Å². The van der Waals surface area contributed by atoms with E-state index >= 15 is 0 Å². The molecule has 0 heterocycles. The Labute approximate surface area is 325 Å². The summed E-state index contributed by atoms with van der Waals surface area (Å²) in [5, 5.41) is 19.5. The first-order valence-electron chi connectivity index (χ1n) is 15.3. The van der Waals surface area contributed by atoms with E-state index in [0.717, 1.165) is 41.9 Å². The number of benzene rings is 6. The normalized spacial score (nSPS) is 10.5. The van der Waals surface area contributed by atoms with Crippen LogP contribution in [-0.4, -0.2) is 35.4 Å². The van der Waals surface area contributed by atoms with Gasteiger partial charge in [-0.15, -0.1) is 0 Å². The van der Waals surface area contributed by atoms with Gasteiger partial charge in [0.25, 0.3) is 0 Å². The lowest BCUT2D eigenvalue weighted by Crippen LogP contribution is -1.86. The first-order chi connectivity index (χ1) is 25.4. The van der Waals surface area contributed by atoms with Crippen LogP contribution in [0.3, 0.4) is 0 Å². The molecule has 12 heteroatoms. The third-order valence-electron chi connectivity index (χ3n) is 6.83. The highest BCUT2D eigenvalue weighted by Crippen LogP contribution is 2.47. The highest BCUT2D eigenvalue weighted by Gasteiger charge is 2.12. The van der Waals surface area contributed by atoms with E-state index < -0.39 is 0 Å². The Kier molecular flexibility index (Phi) is 15.0. The number of hydrogen-bond donors (Lipinski definition) is 2. The van der Waals surface area contributed by atoms with Crippen LogP contribution in [0.4, 0.5) is 0 Å². The van der Waals surface area contributed by atoms with Gasteiger partial charge >= 0.3 is 0 Å². The summed E-state index contributed by atoms with van der Waals surface area (Å²) in [6.07, 6.45) is 3.07. The molecule has 6 aromatic carbocycles. The van der Waals surface area contributed by atoms with Crippen molar-refractivity contribution in [3.63, 3.8) is 0 Å². The minimum absolute atomic E-state index is 0.0103. The fourth-order valence-corrected chi connectivity index (χ4v) is 11.1. The Balaban J connectivity index is 0.000000225. The number of carbonyl (C=O) groups excluding carboxylic acids is 4. The molecule has 0 spiro atoms. The van der Waals surface area contributed by atoms with E-state index in [4.69, 9.17) is 0 Å². The molecule has 0 aromatic heterocycles. The summed E-state index contributed by atoms with van der Waals surface area (Å²) in [5.41, 5.74) is 2.12. The van der Waals surface area contributed by atoms with E-state index in [1.54, 1.807) is 69.4 Å². The van der Waals surface area contributed by atoms with Gasteiger partial charge in [0.1, 0.15) is 36.6 Å². The van der Waals surface area contributed by atoms with Crippen molar-refractivity contribution in [3.8, 4) is 11.5 Å². The summed E-state index contributed by atoms with van der Waals surface area (Å²) in [4.78, 5) is 51.5. The largest absolute Gasteiger partial charge is 0.507 e. The quantitative estimate of drug-likeness (QED) is 0.0809. The number of aromatic hydroxyl groups is 2. The lowest BCUT2D eigenvalue weighted by Gasteiger charge is -2.12. The lowest BCUT2D eigenvalue weighted by molar-refractivity contribution is 0.111.